The number of nitrogens with zero attached hydrogens (tertiary/aromatic N) is 2. The van der Waals surface area contributed by atoms with Crippen molar-refractivity contribution in [2.24, 2.45) is 5.18 Å². The Morgan fingerprint density at radius 1 is 1.16 bits per heavy atom. The lowest BCUT2D eigenvalue weighted by atomic mass is 9.92. The first-order valence-electron chi connectivity index (χ1n) is 10.6. The standard InChI is InChI=1S/C25H23FN2O4/c26-17-9-7-15(8-10-17)24-20-3-1-2-4-22(20)27-25(16-5-6-16)21(24)12-11-18(29)13-19(30)14-23(31)28-32/h1-4,7-12,16,18-19,29-30H,5-6,13-14H2/b12-11+/t18?,19-/m1/s1. The van der Waals surface area contributed by atoms with Crippen LogP contribution < -0.4 is 0 Å². The number of aliphatic hydroxyl groups is 2. The maximum atomic E-state index is 13.6. The van der Waals surface area contributed by atoms with Crippen molar-refractivity contribution in [3.05, 3.63) is 76.6 Å². The molecule has 6 nitrogen and oxygen atoms in total. The molecule has 2 aromatic carbocycles. The molecule has 0 radical (unpaired) electrons. The van der Waals surface area contributed by atoms with E-state index in [1.165, 1.54) is 12.1 Å². The van der Waals surface area contributed by atoms with Crippen LogP contribution in [0.25, 0.3) is 28.1 Å². The predicted molar refractivity (Wildman–Crippen MR) is 120 cm³/mol. The molecule has 0 spiro atoms. The average molecular weight is 434 g/mol. The summed E-state index contributed by atoms with van der Waals surface area (Å²) in [6, 6.07) is 14.0. The Morgan fingerprint density at radius 2 is 1.88 bits per heavy atom. The molecule has 1 aliphatic carbocycles. The Labute approximate surface area is 184 Å². The lowest BCUT2D eigenvalue weighted by Gasteiger charge is -2.16. The molecule has 1 unspecified atom stereocenters. The first-order valence-corrected chi connectivity index (χ1v) is 10.6. The SMILES string of the molecule is O=NC(=O)C[C@H](O)CC(O)/C=C/c1c(C2CC2)nc2ccccc2c1-c1ccc(F)cc1. The van der Waals surface area contributed by atoms with Gasteiger partial charge in [0.1, 0.15) is 5.82 Å². The van der Waals surface area contributed by atoms with Crippen LogP contribution in [-0.4, -0.2) is 33.3 Å². The molecule has 164 valence electrons. The van der Waals surface area contributed by atoms with Crippen molar-refractivity contribution in [1.82, 2.24) is 4.98 Å². The molecule has 2 atom stereocenters. The topological polar surface area (TPSA) is 99.9 Å². The first kappa shape index (κ1) is 21.9. The van der Waals surface area contributed by atoms with Gasteiger partial charge in [-0.25, -0.2) is 4.39 Å². The molecule has 0 saturated heterocycles. The van der Waals surface area contributed by atoms with Crippen LogP contribution in [0.3, 0.4) is 0 Å². The smallest absolute Gasteiger partial charge is 0.288 e. The van der Waals surface area contributed by atoms with Crippen LogP contribution in [0.1, 0.15) is 42.9 Å². The molecule has 0 bridgehead atoms. The number of hydrogen-bond donors (Lipinski definition) is 2. The Balaban J connectivity index is 1.75. The maximum absolute atomic E-state index is 13.6. The van der Waals surface area contributed by atoms with Crippen molar-refractivity contribution in [3.8, 4) is 11.1 Å². The number of carbonyl (C=O) groups excluding carboxylic acids is 1. The minimum Gasteiger partial charge on any atom is -0.392 e. The molecule has 1 saturated carbocycles. The van der Waals surface area contributed by atoms with E-state index in [0.717, 1.165) is 46.1 Å². The number of fused-ring (bicyclic) bond motifs is 1. The molecular formula is C25H23FN2O4. The van der Waals surface area contributed by atoms with Gasteiger partial charge in [0.05, 0.1) is 29.8 Å². The van der Waals surface area contributed by atoms with Crippen LogP contribution in [0.15, 0.2) is 59.8 Å². The van der Waals surface area contributed by atoms with Gasteiger partial charge in [0.15, 0.2) is 0 Å². The molecule has 1 amide bonds. The van der Waals surface area contributed by atoms with Crippen LogP contribution in [-0.2, 0) is 4.79 Å². The fraction of sp³-hybridized carbons (Fsp3) is 0.280. The van der Waals surface area contributed by atoms with E-state index in [4.69, 9.17) is 4.98 Å². The van der Waals surface area contributed by atoms with Crippen LogP contribution >= 0.6 is 0 Å². The van der Waals surface area contributed by atoms with Gasteiger partial charge < -0.3 is 10.2 Å². The quantitative estimate of drug-likeness (QED) is 0.500. The number of aromatic nitrogens is 1. The molecule has 0 aliphatic heterocycles. The number of pyridine rings is 1. The second-order valence-electron chi connectivity index (χ2n) is 8.09. The highest BCUT2D eigenvalue weighted by atomic mass is 19.1. The highest BCUT2D eigenvalue weighted by molar-refractivity contribution is 5.99. The molecule has 4 rings (SSSR count). The van der Waals surface area contributed by atoms with Gasteiger partial charge >= 0.3 is 0 Å². The summed E-state index contributed by atoms with van der Waals surface area (Å²) in [5, 5.41) is 23.5. The van der Waals surface area contributed by atoms with Gasteiger partial charge in [-0.2, -0.15) is 0 Å². The third-order valence-electron chi connectivity index (χ3n) is 5.57. The van der Waals surface area contributed by atoms with Crippen molar-refractivity contribution in [1.29, 1.82) is 0 Å². The van der Waals surface area contributed by atoms with Gasteiger partial charge in [0, 0.05) is 34.0 Å². The number of hydrogen-bond acceptors (Lipinski definition) is 5. The van der Waals surface area contributed by atoms with Gasteiger partial charge in [-0.05, 0) is 36.6 Å². The Kier molecular flexibility index (Phi) is 6.48. The number of nitroso groups, excluding NO2 is 1. The van der Waals surface area contributed by atoms with E-state index < -0.39 is 24.5 Å². The molecule has 1 heterocycles. The van der Waals surface area contributed by atoms with Gasteiger partial charge in [0.2, 0.25) is 0 Å². The van der Waals surface area contributed by atoms with Gasteiger partial charge in [-0.15, -0.1) is 4.91 Å². The van der Waals surface area contributed by atoms with Crippen LogP contribution in [0.2, 0.25) is 0 Å². The zero-order valence-corrected chi connectivity index (χ0v) is 17.3. The van der Waals surface area contributed by atoms with Crippen molar-refractivity contribution in [3.63, 3.8) is 0 Å². The molecule has 3 aromatic rings. The average Bonchev–Trinajstić information content (AvgIpc) is 3.62. The maximum Gasteiger partial charge on any atom is 0.288 e. The summed E-state index contributed by atoms with van der Waals surface area (Å²) in [6.07, 6.45) is 2.63. The van der Waals surface area contributed by atoms with Crippen LogP contribution in [0.4, 0.5) is 4.39 Å². The van der Waals surface area contributed by atoms with Gasteiger partial charge in [-0.1, -0.05) is 42.5 Å². The van der Waals surface area contributed by atoms with Crippen molar-refractivity contribution < 1.29 is 19.4 Å². The fourth-order valence-corrected chi connectivity index (χ4v) is 3.90. The summed E-state index contributed by atoms with van der Waals surface area (Å²) < 4.78 is 13.6. The van der Waals surface area contributed by atoms with E-state index in [1.54, 1.807) is 24.3 Å². The molecule has 1 aliphatic rings. The summed E-state index contributed by atoms with van der Waals surface area (Å²) in [6.45, 7) is 0. The number of aliphatic hydroxyl groups excluding tert-OH is 2. The zero-order chi connectivity index (χ0) is 22.7. The third kappa shape index (κ3) is 4.95. The van der Waals surface area contributed by atoms with E-state index in [0.29, 0.717) is 5.92 Å². The lowest BCUT2D eigenvalue weighted by Crippen LogP contribution is -2.18. The van der Waals surface area contributed by atoms with E-state index in [9.17, 15) is 24.3 Å². The van der Waals surface area contributed by atoms with Gasteiger partial charge in [-0.3, -0.25) is 9.78 Å². The first-order chi connectivity index (χ1) is 15.5. The van der Waals surface area contributed by atoms with Gasteiger partial charge in [0.25, 0.3) is 5.91 Å². The highest BCUT2D eigenvalue weighted by Gasteiger charge is 2.29. The fourth-order valence-electron chi connectivity index (χ4n) is 3.90. The Hall–Kier alpha value is -3.29. The second kappa shape index (κ2) is 9.46. The van der Waals surface area contributed by atoms with E-state index in [1.807, 2.05) is 24.3 Å². The summed E-state index contributed by atoms with van der Waals surface area (Å²) in [4.78, 5) is 26.2. The molecular weight excluding hydrogens is 411 g/mol. The zero-order valence-electron chi connectivity index (χ0n) is 17.3. The third-order valence-corrected chi connectivity index (χ3v) is 5.57. The predicted octanol–water partition coefficient (Wildman–Crippen LogP) is 4.73. The van der Waals surface area contributed by atoms with Crippen molar-refractivity contribution in [2.45, 2.75) is 43.8 Å². The summed E-state index contributed by atoms with van der Waals surface area (Å²) in [5.41, 5.74) is 4.36. The highest BCUT2D eigenvalue weighted by Crippen LogP contribution is 2.45. The van der Waals surface area contributed by atoms with E-state index in [-0.39, 0.29) is 12.2 Å². The molecule has 32 heavy (non-hydrogen) atoms. The van der Waals surface area contributed by atoms with E-state index >= 15 is 0 Å². The number of rotatable bonds is 8. The number of benzene rings is 2. The van der Waals surface area contributed by atoms with Crippen molar-refractivity contribution in [2.75, 3.05) is 0 Å². The molecule has 2 N–H and O–H groups in total. The lowest BCUT2D eigenvalue weighted by molar-refractivity contribution is -0.120. The molecule has 7 heteroatoms. The number of amides is 1. The second-order valence-corrected chi connectivity index (χ2v) is 8.09. The minimum absolute atomic E-state index is 0.108. The number of carbonyl (C=O) groups is 1. The Bertz CT molecular complexity index is 1170. The Morgan fingerprint density at radius 3 is 2.56 bits per heavy atom. The van der Waals surface area contributed by atoms with Crippen LogP contribution in [0, 0.1) is 10.7 Å². The number of para-hydroxylation sites is 1. The van der Waals surface area contributed by atoms with Crippen LogP contribution in [0.5, 0.6) is 0 Å². The summed E-state index contributed by atoms with van der Waals surface area (Å²) in [5.74, 6) is -0.963. The normalized spacial score (nSPS) is 15.7. The minimum atomic E-state index is -1.17. The molecule has 1 aromatic heterocycles. The molecule has 1 fully saturated rings. The largest absolute Gasteiger partial charge is 0.392 e. The number of halogens is 1. The van der Waals surface area contributed by atoms with E-state index in [2.05, 4.69) is 5.18 Å². The summed E-state index contributed by atoms with van der Waals surface area (Å²) >= 11 is 0. The monoisotopic (exact) mass is 434 g/mol. The van der Waals surface area contributed by atoms with Crippen molar-refractivity contribution >= 4 is 22.9 Å². The summed E-state index contributed by atoms with van der Waals surface area (Å²) in [7, 11) is 0.